The quantitative estimate of drug-likeness (QED) is 0.494. The Bertz CT molecular complexity index is 1280. The molecule has 0 saturated heterocycles. The predicted molar refractivity (Wildman–Crippen MR) is 101 cm³/mol. The standard InChI is InChI=1S/C17H19N5O5S/c1-21-8-11(7-18-21)9-22-15(24)13-6-12(2-3-14(13)19-16(22)25)28(26,27)20-17(10-23)4-5-17/h2-3,6-8,20,23H,4-5,9-10H2,1H3,(H,19,25). The third-order valence-electron chi connectivity index (χ3n) is 4.87. The number of aliphatic hydroxyl groups is 1. The smallest absolute Gasteiger partial charge is 0.329 e. The van der Waals surface area contributed by atoms with E-state index in [1.165, 1.54) is 18.2 Å². The normalized spacial score (nSPS) is 15.8. The van der Waals surface area contributed by atoms with Crippen LogP contribution in [0.15, 0.2) is 45.1 Å². The number of nitrogens with one attached hydrogen (secondary N) is 2. The first-order chi connectivity index (χ1) is 13.2. The van der Waals surface area contributed by atoms with Gasteiger partial charge < -0.3 is 10.1 Å². The van der Waals surface area contributed by atoms with Crippen molar-refractivity contribution in [2.24, 2.45) is 7.05 Å². The fourth-order valence-electron chi connectivity index (χ4n) is 3.06. The number of hydrogen-bond donors (Lipinski definition) is 3. The van der Waals surface area contributed by atoms with E-state index in [4.69, 9.17) is 0 Å². The largest absolute Gasteiger partial charge is 0.394 e. The molecule has 4 rings (SSSR count). The molecule has 11 heteroatoms. The molecule has 0 aliphatic heterocycles. The lowest BCUT2D eigenvalue weighted by molar-refractivity contribution is 0.246. The summed E-state index contributed by atoms with van der Waals surface area (Å²) in [6.07, 6.45) is 4.35. The summed E-state index contributed by atoms with van der Waals surface area (Å²) >= 11 is 0. The molecule has 0 radical (unpaired) electrons. The van der Waals surface area contributed by atoms with E-state index in [2.05, 4.69) is 14.8 Å². The molecule has 3 aromatic rings. The number of benzene rings is 1. The van der Waals surface area contributed by atoms with Crippen LogP contribution in [-0.4, -0.2) is 45.0 Å². The number of H-pyrrole nitrogens is 1. The van der Waals surface area contributed by atoms with Crippen molar-refractivity contribution in [2.45, 2.75) is 29.8 Å². The summed E-state index contributed by atoms with van der Waals surface area (Å²) in [6.45, 7) is -0.272. The molecule has 0 amide bonds. The van der Waals surface area contributed by atoms with Crippen LogP contribution in [0.5, 0.6) is 0 Å². The van der Waals surface area contributed by atoms with Crippen LogP contribution in [-0.2, 0) is 23.6 Å². The highest BCUT2D eigenvalue weighted by Gasteiger charge is 2.45. The Labute approximate surface area is 159 Å². The Morgan fingerprint density at radius 3 is 2.68 bits per heavy atom. The first-order valence-electron chi connectivity index (χ1n) is 8.62. The van der Waals surface area contributed by atoms with Gasteiger partial charge in [0.2, 0.25) is 10.0 Å². The van der Waals surface area contributed by atoms with E-state index < -0.39 is 26.8 Å². The molecule has 2 heterocycles. The highest BCUT2D eigenvalue weighted by Crippen LogP contribution is 2.36. The van der Waals surface area contributed by atoms with Gasteiger partial charge in [-0.25, -0.2) is 17.9 Å². The van der Waals surface area contributed by atoms with Gasteiger partial charge in [-0.2, -0.15) is 5.10 Å². The number of aromatic nitrogens is 4. The van der Waals surface area contributed by atoms with E-state index in [1.54, 1.807) is 24.1 Å². The highest BCUT2D eigenvalue weighted by molar-refractivity contribution is 7.89. The summed E-state index contributed by atoms with van der Waals surface area (Å²) in [5.74, 6) is 0. The van der Waals surface area contributed by atoms with Crippen molar-refractivity contribution < 1.29 is 13.5 Å². The minimum Gasteiger partial charge on any atom is -0.394 e. The number of fused-ring (bicyclic) bond motifs is 1. The van der Waals surface area contributed by atoms with Gasteiger partial charge in [0.15, 0.2) is 0 Å². The van der Waals surface area contributed by atoms with Gasteiger partial charge >= 0.3 is 5.69 Å². The van der Waals surface area contributed by atoms with Crippen molar-refractivity contribution in [3.05, 3.63) is 57.0 Å². The summed E-state index contributed by atoms with van der Waals surface area (Å²) < 4.78 is 30.3. The number of aromatic amines is 1. The van der Waals surface area contributed by atoms with Gasteiger partial charge in [0.1, 0.15) is 0 Å². The van der Waals surface area contributed by atoms with Crippen LogP contribution in [0.1, 0.15) is 18.4 Å². The molecule has 2 aromatic heterocycles. The second-order valence-electron chi connectivity index (χ2n) is 7.10. The number of aryl methyl sites for hydroxylation is 1. The number of hydrogen-bond acceptors (Lipinski definition) is 6. The van der Waals surface area contributed by atoms with Gasteiger partial charge in [-0.1, -0.05) is 0 Å². The first kappa shape index (κ1) is 18.6. The zero-order valence-corrected chi connectivity index (χ0v) is 15.9. The molecule has 0 spiro atoms. The van der Waals surface area contributed by atoms with Crippen LogP contribution in [0.3, 0.4) is 0 Å². The Morgan fingerprint density at radius 2 is 2.07 bits per heavy atom. The van der Waals surface area contributed by atoms with Crippen LogP contribution in [0.25, 0.3) is 10.9 Å². The molecule has 1 aliphatic carbocycles. The summed E-state index contributed by atoms with van der Waals surface area (Å²) in [5, 5.41) is 13.5. The maximum Gasteiger partial charge on any atom is 0.329 e. The van der Waals surface area contributed by atoms with E-state index in [0.717, 1.165) is 4.57 Å². The molecule has 1 fully saturated rings. The highest BCUT2D eigenvalue weighted by atomic mass is 32.2. The fourth-order valence-corrected chi connectivity index (χ4v) is 4.54. The van der Waals surface area contributed by atoms with Gasteiger partial charge in [0.25, 0.3) is 5.56 Å². The summed E-state index contributed by atoms with van der Waals surface area (Å²) in [7, 11) is -2.20. The number of rotatable bonds is 6. The molecule has 0 atom stereocenters. The summed E-state index contributed by atoms with van der Waals surface area (Å²) in [5.41, 5.74) is -1.09. The van der Waals surface area contributed by atoms with Gasteiger partial charge in [-0.3, -0.25) is 14.0 Å². The number of aliphatic hydroxyl groups excluding tert-OH is 1. The zero-order valence-electron chi connectivity index (χ0n) is 15.0. The predicted octanol–water partition coefficient (Wildman–Crippen LogP) is -0.725. The van der Waals surface area contributed by atoms with E-state index in [-0.39, 0.29) is 29.0 Å². The fraction of sp³-hybridized carbons (Fsp3) is 0.353. The van der Waals surface area contributed by atoms with E-state index in [0.29, 0.717) is 18.4 Å². The number of sulfonamides is 1. The molecule has 1 aliphatic rings. The summed E-state index contributed by atoms with van der Waals surface area (Å²) in [4.78, 5) is 27.7. The van der Waals surface area contributed by atoms with Crippen molar-refractivity contribution in [1.82, 2.24) is 24.1 Å². The molecule has 1 aromatic carbocycles. The third kappa shape index (κ3) is 3.28. The van der Waals surface area contributed by atoms with Crippen LogP contribution in [0.4, 0.5) is 0 Å². The Kier molecular flexibility index (Phi) is 4.25. The van der Waals surface area contributed by atoms with E-state index in [1.807, 2.05) is 0 Å². The maximum atomic E-state index is 12.9. The van der Waals surface area contributed by atoms with Crippen molar-refractivity contribution >= 4 is 20.9 Å². The van der Waals surface area contributed by atoms with Crippen LogP contribution in [0.2, 0.25) is 0 Å². The van der Waals surface area contributed by atoms with Gasteiger partial charge in [-0.15, -0.1) is 0 Å². The Balaban J connectivity index is 1.78. The number of nitrogens with zero attached hydrogens (tertiary/aromatic N) is 3. The van der Waals surface area contributed by atoms with Crippen molar-refractivity contribution in [3.8, 4) is 0 Å². The van der Waals surface area contributed by atoms with Gasteiger partial charge in [0, 0.05) is 18.8 Å². The SMILES string of the molecule is Cn1cc(Cn2c(=O)[nH]c3ccc(S(=O)(=O)NC4(CO)CC4)cc3c2=O)cn1. The lowest BCUT2D eigenvalue weighted by Crippen LogP contribution is -2.39. The summed E-state index contributed by atoms with van der Waals surface area (Å²) in [6, 6.07) is 3.95. The molecular formula is C17H19N5O5S. The average molecular weight is 405 g/mol. The van der Waals surface area contributed by atoms with E-state index in [9.17, 15) is 23.1 Å². The Morgan fingerprint density at radius 1 is 1.32 bits per heavy atom. The molecule has 28 heavy (non-hydrogen) atoms. The van der Waals surface area contributed by atoms with Gasteiger partial charge in [0.05, 0.1) is 40.7 Å². The second kappa shape index (κ2) is 6.40. The molecule has 1 saturated carbocycles. The molecule has 0 unspecified atom stereocenters. The molecule has 148 valence electrons. The topological polar surface area (TPSA) is 139 Å². The molecule has 10 nitrogen and oxygen atoms in total. The monoisotopic (exact) mass is 405 g/mol. The van der Waals surface area contributed by atoms with Crippen LogP contribution in [0, 0.1) is 0 Å². The average Bonchev–Trinajstić information content (AvgIpc) is 3.29. The maximum absolute atomic E-state index is 12.9. The first-order valence-corrected chi connectivity index (χ1v) is 10.1. The lowest BCUT2D eigenvalue weighted by atomic mass is 10.2. The van der Waals surface area contributed by atoms with Crippen LogP contribution >= 0.6 is 0 Å². The second-order valence-corrected chi connectivity index (χ2v) is 8.78. The van der Waals surface area contributed by atoms with Crippen molar-refractivity contribution in [1.29, 1.82) is 0 Å². The molecule has 3 N–H and O–H groups in total. The third-order valence-corrected chi connectivity index (χ3v) is 6.45. The minimum atomic E-state index is -3.92. The lowest BCUT2D eigenvalue weighted by Gasteiger charge is -2.15. The van der Waals surface area contributed by atoms with Crippen LogP contribution < -0.4 is 16.0 Å². The molecular weight excluding hydrogens is 386 g/mol. The minimum absolute atomic E-state index is 0.0147. The van der Waals surface area contributed by atoms with Gasteiger partial charge in [-0.05, 0) is 31.0 Å². The van der Waals surface area contributed by atoms with Crippen molar-refractivity contribution in [2.75, 3.05) is 6.61 Å². The molecule has 0 bridgehead atoms. The Hall–Kier alpha value is -2.76. The van der Waals surface area contributed by atoms with E-state index >= 15 is 0 Å². The zero-order chi connectivity index (χ0) is 20.1. The van der Waals surface area contributed by atoms with Crippen molar-refractivity contribution in [3.63, 3.8) is 0 Å².